The second kappa shape index (κ2) is 22.3. The molecule has 56 heavy (non-hydrogen) atoms. The van der Waals surface area contributed by atoms with Crippen LogP contribution >= 0.6 is 0 Å². The summed E-state index contributed by atoms with van der Waals surface area (Å²) in [5.74, 6) is -1.53. The fraction of sp³-hybridized carbons (Fsp3) is 0.550. The minimum absolute atomic E-state index is 0. The third-order valence-electron chi connectivity index (χ3n) is 8.23. The Labute approximate surface area is 353 Å². The first kappa shape index (κ1) is 26.6. The van der Waals surface area contributed by atoms with Crippen LogP contribution < -0.4 is 11.5 Å². The highest BCUT2D eigenvalue weighted by Crippen LogP contribution is 2.36. The molecule has 2 aliphatic carbocycles. The molecule has 16 nitrogen and oxygen atoms in total. The minimum Gasteiger partial charge on any atom is -0.383 e. The number of hydrogen-bond donors (Lipinski definition) is 2. The van der Waals surface area contributed by atoms with Gasteiger partial charge in [0.25, 0.3) is 6.54 Å². The topological polar surface area (TPSA) is 185 Å². The predicted molar refractivity (Wildman–Crippen MR) is 217 cm³/mol. The van der Waals surface area contributed by atoms with Crippen LogP contribution in [0.4, 0.5) is 11.6 Å². The Bertz CT molecular complexity index is 2610. The van der Waals surface area contributed by atoms with Gasteiger partial charge < -0.3 is 40.1 Å². The number of hydrogen-bond acceptors (Lipinski definition) is 12. The van der Waals surface area contributed by atoms with E-state index in [4.69, 9.17) is 65.5 Å². The number of methoxy groups -OCH3 is 4. The Balaban J connectivity index is 0.000000370. The van der Waals surface area contributed by atoms with Crippen LogP contribution in [0.15, 0.2) is 43.0 Å². The third-order valence-corrected chi connectivity index (χ3v) is 8.23. The van der Waals surface area contributed by atoms with Crippen molar-refractivity contribution in [2.24, 2.45) is 5.92 Å². The first-order valence-corrected chi connectivity index (χ1v) is 16.2. The first-order chi connectivity index (χ1) is 32.4. The number of nitrogen functional groups attached to an aromatic ring is 2. The van der Waals surface area contributed by atoms with Crippen molar-refractivity contribution in [2.45, 2.75) is 97.3 Å². The van der Waals surface area contributed by atoms with Gasteiger partial charge in [0.15, 0.2) is 12.6 Å². The molecule has 0 spiro atoms. The molecule has 2 aliphatic rings. The standard InChI is InChI=1S/C19H26N6O2.C19H24N6O2.2CH4/c2*1-21-10-16(13-6-4-5-7-13)25-11-14(9-24-25)18-15(8-17(26-2)27-3)19(20)23-12-22-18;;/h9,11-13,16-17H,4-8,10H2,2-3H3,(H2,20,22,23);9,11-12,17H,4-8,10H2,2-3H3,(H2,20,22,23);2*1H4/t16-;;;/m1.../s1/i2*4D2,5D2,6D2,7D2;;. The van der Waals surface area contributed by atoms with Gasteiger partial charge in [0, 0.05) is 97.9 Å². The van der Waals surface area contributed by atoms with E-state index in [0.29, 0.717) is 33.6 Å². The lowest BCUT2D eigenvalue weighted by Crippen LogP contribution is -2.20. The molecule has 2 saturated carbocycles. The van der Waals surface area contributed by atoms with Crippen LogP contribution in [-0.2, 0) is 31.8 Å². The summed E-state index contributed by atoms with van der Waals surface area (Å²) in [5, 5.41) is 8.35. The first-order valence-electron chi connectivity index (χ1n) is 24.2. The van der Waals surface area contributed by atoms with Crippen LogP contribution in [0, 0.1) is 19.1 Å². The summed E-state index contributed by atoms with van der Waals surface area (Å²) in [7, 11) is 5.83. The highest BCUT2D eigenvalue weighted by atomic mass is 16.7. The van der Waals surface area contributed by atoms with Crippen molar-refractivity contribution in [1.29, 1.82) is 0 Å². The number of nitrogens with zero attached hydrogens (tertiary/aromatic N) is 10. The maximum atomic E-state index is 8.37. The van der Waals surface area contributed by atoms with Gasteiger partial charge in [-0.1, -0.05) is 27.6 Å². The van der Waals surface area contributed by atoms with Crippen LogP contribution in [0.3, 0.4) is 0 Å². The summed E-state index contributed by atoms with van der Waals surface area (Å²) in [6.07, 6.45) is -17.7. The average Bonchev–Trinajstić information content (AvgIpc) is 4.01. The second-order valence-electron chi connectivity index (χ2n) is 11.3. The molecule has 0 bridgehead atoms. The fourth-order valence-electron chi connectivity index (χ4n) is 5.44. The molecular formula is C40H58N12O4. The molecule has 0 aromatic carbocycles. The lowest BCUT2D eigenvalue weighted by atomic mass is 9.98. The summed E-state index contributed by atoms with van der Waals surface area (Å²) >= 11 is 0. The van der Waals surface area contributed by atoms with Crippen LogP contribution in [0.25, 0.3) is 37.9 Å². The molecule has 0 unspecified atom stereocenters. The number of allylic oxidation sites excluding steroid dienone is 1. The molecule has 302 valence electrons. The predicted octanol–water partition coefficient (Wildman–Crippen LogP) is 6.79. The van der Waals surface area contributed by atoms with E-state index >= 15 is 0 Å². The molecule has 4 aromatic heterocycles. The zero-order valence-electron chi connectivity index (χ0n) is 45.9. The van der Waals surface area contributed by atoms with Crippen molar-refractivity contribution in [3.63, 3.8) is 0 Å². The average molecular weight is 787 g/mol. The Morgan fingerprint density at radius 3 is 1.80 bits per heavy atom. The van der Waals surface area contributed by atoms with Crippen LogP contribution in [-0.4, -0.2) is 93.6 Å². The van der Waals surface area contributed by atoms with Crippen LogP contribution in [0.5, 0.6) is 0 Å². The molecule has 4 aromatic rings. The number of anilines is 2. The Hall–Kier alpha value is -5.26. The van der Waals surface area contributed by atoms with E-state index in [1.807, 2.05) is 0 Å². The molecule has 1 atom stereocenters. The number of ether oxygens (including phenoxy) is 4. The van der Waals surface area contributed by atoms with Gasteiger partial charge in [0.1, 0.15) is 36.0 Å². The molecular weight excluding hydrogens is 713 g/mol. The van der Waals surface area contributed by atoms with Crippen molar-refractivity contribution in [1.82, 2.24) is 39.5 Å². The van der Waals surface area contributed by atoms with E-state index in [1.54, 1.807) is 0 Å². The number of aromatic nitrogens is 8. The lowest BCUT2D eigenvalue weighted by molar-refractivity contribution is -0.100. The van der Waals surface area contributed by atoms with Gasteiger partial charge in [0.2, 0.25) is 6.54 Å². The summed E-state index contributed by atoms with van der Waals surface area (Å²) in [6.45, 7) is 13.6. The Kier molecular flexibility index (Phi) is 10.6. The molecule has 4 heterocycles. The quantitative estimate of drug-likeness (QED) is 0.0951. The van der Waals surface area contributed by atoms with E-state index in [1.165, 1.54) is 65.9 Å². The molecule has 0 radical (unpaired) electrons. The molecule has 0 aliphatic heterocycles. The van der Waals surface area contributed by atoms with Gasteiger partial charge in [-0.2, -0.15) is 10.2 Å². The second-order valence-corrected chi connectivity index (χ2v) is 11.3. The van der Waals surface area contributed by atoms with Gasteiger partial charge >= 0.3 is 0 Å². The van der Waals surface area contributed by atoms with E-state index in [9.17, 15) is 0 Å². The summed E-state index contributed by atoms with van der Waals surface area (Å²) in [5.41, 5.74) is 13.4. The summed E-state index contributed by atoms with van der Waals surface area (Å²) in [6, 6.07) is -1.31. The number of rotatable bonds is 15. The Morgan fingerprint density at radius 1 is 0.786 bits per heavy atom. The highest BCUT2D eigenvalue weighted by Gasteiger charge is 2.30. The molecule has 2 fully saturated rings. The molecule has 0 amide bonds. The van der Waals surface area contributed by atoms with Crippen molar-refractivity contribution in [3.05, 3.63) is 77.0 Å². The highest BCUT2D eigenvalue weighted by molar-refractivity contribution is 5.68. The molecule has 4 N–H and O–H groups in total. The van der Waals surface area contributed by atoms with E-state index in [-0.39, 0.29) is 45.0 Å². The SMILES string of the molecule is C.C.[2H]C1([2H])C(=C(C[N+]#[C-])n2cc(-c3ncnc(N)c3CC(OC)OC)cn2)C([2H])([2H])C([2H])([2H])C1([2H])[2H].[2H]C1([2H])C([C@@H](C[N+]#[C-])n2cc(-c3ncnc(N)c3CC(OC)OC)cn2)C([2H])([2H])C([2H])([2H])C1([2H])[2H]. The molecule has 6 rings (SSSR count). The van der Waals surface area contributed by atoms with Crippen LogP contribution in [0.1, 0.15) is 105 Å². The van der Waals surface area contributed by atoms with Crippen molar-refractivity contribution >= 4 is 17.3 Å². The fourth-order valence-corrected chi connectivity index (χ4v) is 5.44. The van der Waals surface area contributed by atoms with E-state index in [2.05, 4.69) is 39.8 Å². The number of nitrogens with two attached hydrogens (primary N) is 2. The summed E-state index contributed by atoms with van der Waals surface area (Å²) < 4.78 is 154. The van der Waals surface area contributed by atoms with Gasteiger partial charge in [-0.3, -0.25) is 4.68 Å². The Morgan fingerprint density at radius 2 is 1.30 bits per heavy atom. The zero-order valence-corrected chi connectivity index (χ0v) is 29.9. The maximum absolute atomic E-state index is 8.37. The smallest absolute Gasteiger partial charge is 0.256 e. The molecule has 0 saturated heterocycles. The normalized spacial score (nSPS) is 25.8. The van der Waals surface area contributed by atoms with Crippen molar-refractivity contribution < 1.29 is 40.9 Å². The maximum Gasteiger partial charge on any atom is 0.256 e. The zero-order chi connectivity index (χ0) is 52.8. The van der Waals surface area contributed by atoms with Gasteiger partial charge in [-0.25, -0.2) is 37.8 Å². The third kappa shape index (κ3) is 10.9. The van der Waals surface area contributed by atoms with Crippen molar-refractivity contribution in [2.75, 3.05) is 53.0 Å². The van der Waals surface area contributed by atoms with Gasteiger partial charge in [0.05, 0.1) is 23.8 Å². The van der Waals surface area contributed by atoms with Gasteiger partial charge in [-0.05, 0) is 49.7 Å². The molecule has 16 heteroatoms. The van der Waals surface area contributed by atoms with E-state index < -0.39 is 94.2 Å². The lowest BCUT2D eigenvalue weighted by Gasteiger charge is -2.19. The van der Waals surface area contributed by atoms with Crippen LogP contribution in [0.2, 0.25) is 0 Å². The summed E-state index contributed by atoms with van der Waals surface area (Å²) in [4.78, 5) is 23.0. The van der Waals surface area contributed by atoms with Gasteiger partial charge in [-0.15, -0.1) is 0 Å². The largest absolute Gasteiger partial charge is 0.383 e. The monoisotopic (exact) mass is 787 g/mol. The van der Waals surface area contributed by atoms with Crippen molar-refractivity contribution in [3.8, 4) is 22.5 Å². The van der Waals surface area contributed by atoms with E-state index in [0.717, 1.165) is 9.36 Å². The minimum atomic E-state index is -3.22.